The van der Waals surface area contributed by atoms with E-state index in [0.29, 0.717) is 12.5 Å². The quantitative estimate of drug-likeness (QED) is 0.605. The van der Waals surface area contributed by atoms with Gasteiger partial charge in [0.15, 0.2) is 5.96 Å². The van der Waals surface area contributed by atoms with Crippen LogP contribution in [0.1, 0.15) is 26.5 Å². The van der Waals surface area contributed by atoms with Crippen molar-refractivity contribution in [1.82, 2.24) is 20.4 Å². The van der Waals surface area contributed by atoms with E-state index in [1.807, 2.05) is 41.2 Å². The van der Waals surface area contributed by atoms with Crippen LogP contribution in [0.3, 0.4) is 0 Å². The number of nitrogens with zero attached hydrogens (tertiary/aromatic N) is 3. The maximum Gasteiger partial charge on any atom is 0.191 e. The van der Waals surface area contributed by atoms with Crippen LogP contribution in [0.25, 0.3) is 5.69 Å². The van der Waals surface area contributed by atoms with Gasteiger partial charge in [0.25, 0.3) is 0 Å². The van der Waals surface area contributed by atoms with Gasteiger partial charge < -0.3 is 15.4 Å². The summed E-state index contributed by atoms with van der Waals surface area (Å²) in [6.45, 7) is 8.68. The minimum Gasteiger partial charge on any atom is -0.497 e. The minimum atomic E-state index is 0.538. The highest BCUT2D eigenvalue weighted by Crippen LogP contribution is 2.14. The van der Waals surface area contributed by atoms with Crippen molar-refractivity contribution in [3.8, 4) is 11.4 Å². The van der Waals surface area contributed by atoms with Gasteiger partial charge in [0.05, 0.1) is 25.0 Å². The zero-order valence-corrected chi connectivity index (χ0v) is 14.9. The molecule has 6 nitrogen and oxygen atoms in total. The van der Waals surface area contributed by atoms with Crippen LogP contribution in [0.2, 0.25) is 0 Å². The van der Waals surface area contributed by atoms with Crippen LogP contribution < -0.4 is 15.4 Å². The number of rotatable bonds is 7. The molecule has 0 atom stereocenters. The summed E-state index contributed by atoms with van der Waals surface area (Å²) in [5.41, 5.74) is 1.92. The van der Waals surface area contributed by atoms with Gasteiger partial charge in [-0.1, -0.05) is 13.8 Å². The summed E-state index contributed by atoms with van der Waals surface area (Å²) in [4.78, 5) is 4.59. The molecule has 0 amide bonds. The van der Waals surface area contributed by atoms with Crippen molar-refractivity contribution in [1.29, 1.82) is 0 Å². The molecule has 2 aromatic rings. The predicted octanol–water partition coefficient (Wildman–Crippen LogP) is 2.59. The second kappa shape index (κ2) is 8.96. The number of hydrogen-bond acceptors (Lipinski definition) is 3. The number of methoxy groups -OCH3 is 1. The number of nitrogens with one attached hydrogen (secondary N) is 2. The maximum atomic E-state index is 5.18. The summed E-state index contributed by atoms with van der Waals surface area (Å²) in [6, 6.07) is 9.79. The van der Waals surface area contributed by atoms with E-state index in [1.165, 1.54) is 0 Å². The van der Waals surface area contributed by atoms with Gasteiger partial charge in [0, 0.05) is 19.3 Å². The van der Waals surface area contributed by atoms with Crippen LogP contribution in [0, 0.1) is 5.92 Å². The Balaban J connectivity index is 2.01. The molecule has 6 heteroatoms. The summed E-state index contributed by atoms with van der Waals surface area (Å²) in [5, 5.41) is 11.2. The van der Waals surface area contributed by atoms with E-state index in [2.05, 4.69) is 41.5 Å². The van der Waals surface area contributed by atoms with Crippen LogP contribution in [0.5, 0.6) is 5.75 Å². The Morgan fingerprint density at radius 2 is 1.96 bits per heavy atom. The maximum absolute atomic E-state index is 5.18. The van der Waals surface area contributed by atoms with E-state index in [1.54, 1.807) is 7.11 Å². The van der Waals surface area contributed by atoms with Gasteiger partial charge in [0.2, 0.25) is 0 Å². The molecule has 1 aromatic carbocycles. The van der Waals surface area contributed by atoms with Crippen molar-refractivity contribution >= 4 is 5.96 Å². The Labute approximate surface area is 143 Å². The average molecular weight is 329 g/mol. The first-order valence-electron chi connectivity index (χ1n) is 8.33. The van der Waals surface area contributed by atoms with Crippen molar-refractivity contribution in [2.24, 2.45) is 10.9 Å². The Hall–Kier alpha value is -2.50. The van der Waals surface area contributed by atoms with Crippen molar-refractivity contribution in [3.05, 3.63) is 42.2 Å². The lowest BCUT2D eigenvalue weighted by Crippen LogP contribution is -2.39. The number of aliphatic imine (C=N–C) groups is 1. The fourth-order valence-corrected chi connectivity index (χ4v) is 2.13. The van der Waals surface area contributed by atoms with E-state index < -0.39 is 0 Å². The fourth-order valence-electron chi connectivity index (χ4n) is 2.13. The molecule has 1 heterocycles. The van der Waals surface area contributed by atoms with Gasteiger partial charge >= 0.3 is 0 Å². The number of ether oxygens (including phenoxy) is 1. The lowest BCUT2D eigenvalue weighted by atomic mass is 10.2. The number of aromatic nitrogens is 2. The highest BCUT2D eigenvalue weighted by atomic mass is 16.5. The lowest BCUT2D eigenvalue weighted by molar-refractivity contribution is 0.414. The highest BCUT2D eigenvalue weighted by Gasteiger charge is 2.03. The topological polar surface area (TPSA) is 63.5 Å². The molecular formula is C18H27N5O. The highest BCUT2D eigenvalue weighted by molar-refractivity contribution is 5.79. The monoisotopic (exact) mass is 329 g/mol. The molecule has 2 N–H and O–H groups in total. The van der Waals surface area contributed by atoms with E-state index in [-0.39, 0.29) is 0 Å². The van der Waals surface area contributed by atoms with Crippen molar-refractivity contribution in [3.63, 3.8) is 0 Å². The third-order valence-electron chi connectivity index (χ3n) is 3.40. The van der Waals surface area contributed by atoms with Crippen LogP contribution in [-0.4, -0.2) is 35.9 Å². The predicted molar refractivity (Wildman–Crippen MR) is 97.8 cm³/mol. The second-order valence-corrected chi connectivity index (χ2v) is 5.92. The molecule has 1 aromatic heterocycles. The summed E-state index contributed by atoms with van der Waals surface area (Å²) >= 11 is 0. The van der Waals surface area contributed by atoms with Crippen LogP contribution in [-0.2, 0) is 6.54 Å². The minimum absolute atomic E-state index is 0.538. The zero-order chi connectivity index (χ0) is 17.4. The standard InChI is InChI=1S/C18H27N5O/c1-5-19-18(20-12-14(2)3)21-13-15-10-11-23(22-15)16-6-8-17(24-4)9-7-16/h6-11,14H,5,12-13H2,1-4H3,(H2,19,20,21). The molecule has 24 heavy (non-hydrogen) atoms. The molecule has 0 spiro atoms. The average Bonchev–Trinajstić information content (AvgIpc) is 3.06. The summed E-state index contributed by atoms with van der Waals surface area (Å²) in [5.74, 6) is 2.23. The van der Waals surface area contributed by atoms with E-state index in [4.69, 9.17) is 4.74 Å². The molecule has 0 radical (unpaired) electrons. The molecule has 0 aliphatic heterocycles. The van der Waals surface area contributed by atoms with Crippen LogP contribution >= 0.6 is 0 Å². The molecule has 0 saturated carbocycles. The summed E-state index contributed by atoms with van der Waals surface area (Å²) in [7, 11) is 1.66. The molecule has 2 rings (SSSR count). The molecule has 0 bridgehead atoms. The number of benzene rings is 1. The SMILES string of the molecule is CCNC(=NCc1ccn(-c2ccc(OC)cc2)n1)NCC(C)C. The zero-order valence-electron chi connectivity index (χ0n) is 14.9. The first-order valence-corrected chi connectivity index (χ1v) is 8.33. The van der Waals surface area contributed by atoms with E-state index in [0.717, 1.165) is 36.2 Å². The number of guanidine groups is 1. The van der Waals surface area contributed by atoms with Gasteiger partial charge in [-0.25, -0.2) is 9.67 Å². The molecule has 0 aliphatic carbocycles. The van der Waals surface area contributed by atoms with Gasteiger partial charge in [-0.05, 0) is 43.2 Å². The van der Waals surface area contributed by atoms with Crippen LogP contribution in [0.4, 0.5) is 0 Å². The van der Waals surface area contributed by atoms with E-state index in [9.17, 15) is 0 Å². The fraction of sp³-hybridized carbons (Fsp3) is 0.444. The Kier molecular flexibility index (Phi) is 6.66. The van der Waals surface area contributed by atoms with Crippen LogP contribution in [0.15, 0.2) is 41.5 Å². The van der Waals surface area contributed by atoms with E-state index >= 15 is 0 Å². The smallest absolute Gasteiger partial charge is 0.191 e. The molecular weight excluding hydrogens is 302 g/mol. The van der Waals surface area contributed by atoms with Gasteiger partial charge in [0.1, 0.15) is 5.75 Å². The van der Waals surface area contributed by atoms with Crippen molar-refractivity contribution in [2.45, 2.75) is 27.3 Å². The summed E-state index contributed by atoms with van der Waals surface area (Å²) < 4.78 is 7.02. The first-order chi connectivity index (χ1) is 11.6. The Bertz CT molecular complexity index is 646. The third kappa shape index (κ3) is 5.30. The van der Waals surface area contributed by atoms with Gasteiger partial charge in [-0.15, -0.1) is 0 Å². The number of hydrogen-bond donors (Lipinski definition) is 2. The third-order valence-corrected chi connectivity index (χ3v) is 3.40. The first kappa shape index (κ1) is 17.8. The normalized spacial score (nSPS) is 11.6. The Morgan fingerprint density at radius 1 is 1.21 bits per heavy atom. The molecule has 0 unspecified atom stereocenters. The van der Waals surface area contributed by atoms with Gasteiger partial charge in [-0.3, -0.25) is 0 Å². The molecule has 130 valence electrons. The Morgan fingerprint density at radius 3 is 2.58 bits per heavy atom. The van der Waals surface area contributed by atoms with Crippen molar-refractivity contribution < 1.29 is 4.74 Å². The largest absolute Gasteiger partial charge is 0.497 e. The molecule has 0 fully saturated rings. The summed E-state index contributed by atoms with van der Waals surface area (Å²) in [6.07, 6.45) is 1.95. The lowest BCUT2D eigenvalue weighted by Gasteiger charge is -2.12. The molecule has 0 aliphatic rings. The van der Waals surface area contributed by atoms with Gasteiger partial charge in [-0.2, -0.15) is 5.10 Å². The molecule has 0 saturated heterocycles. The van der Waals surface area contributed by atoms with Crippen molar-refractivity contribution in [2.75, 3.05) is 20.2 Å². The second-order valence-electron chi connectivity index (χ2n) is 5.92.